The number of anilines is 1. The first-order chi connectivity index (χ1) is 9.49. The van der Waals surface area contributed by atoms with E-state index in [1.807, 2.05) is 14.0 Å². The van der Waals surface area contributed by atoms with E-state index in [-0.39, 0.29) is 6.04 Å². The number of amides is 1. The summed E-state index contributed by atoms with van der Waals surface area (Å²) in [5, 5.41) is 4.35. The predicted molar refractivity (Wildman–Crippen MR) is 79.7 cm³/mol. The van der Waals surface area contributed by atoms with Crippen molar-refractivity contribution in [2.45, 2.75) is 39.2 Å². The van der Waals surface area contributed by atoms with Crippen molar-refractivity contribution in [2.24, 2.45) is 24.4 Å². The van der Waals surface area contributed by atoms with Crippen molar-refractivity contribution in [1.29, 1.82) is 0 Å². The van der Waals surface area contributed by atoms with Gasteiger partial charge in [-0.1, -0.05) is 13.3 Å². The fourth-order valence-electron chi connectivity index (χ4n) is 3.27. The van der Waals surface area contributed by atoms with Crippen LogP contribution in [0.1, 0.15) is 42.2 Å². The maximum Gasteiger partial charge on any atom is 0.254 e. The molecule has 6 heteroatoms. The first-order valence-electron chi connectivity index (χ1n) is 7.29. The van der Waals surface area contributed by atoms with Crippen molar-refractivity contribution in [3.05, 3.63) is 11.3 Å². The smallest absolute Gasteiger partial charge is 0.254 e. The molecule has 112 valence electrons. The monoisotopic (exact) mass is 279 g/mol. The first kappa shape index (κ1) is 14.8. The van der Waals surface area contributed by atoms with Gasteiger partial charge >= 0.3 is 0 Å². The molecule has 2 unspecified atom stereocenters. The molecular formula is C14H25N5O. The summed E-state index contributed by atoms with van der Waals surface area (Å²) in [5.74, 6) is 1.12. The number of carbonyl (C=O) groups is 1. The Morgan fingerprint density at radius 2 is 2.20 bits per heavy atom. The van der Waals surface area contributed by atoms with Crippen molar-refractivity contribution < 1.29 is 4.79 Å². The van der Waals surface area contributed by atoms with E-state index in [0.717, 1.165) is 25.2 Å². The van der Waals surface area contributed by atoms with Gasteiger partial charge in [0.15, 0.2) is 0 Å². The molecule has 1 saturated heterocycles. The molecule has 20 heavy (non-hydrogen) atoms. The van der Waals surface area contributed by atoms with E-state index in [2.05, 4.69) is 16.9 Å². The number of hydrogen-bond donors (Lipinski definition) is 2. The fraction of sp³-hybridized carbons (Fsp3) is 0.714. The van der Waals surface area contributed by atoms with E-state index in [0.29, 0.717) is 23.7 Å². The van der Waals surface area contributed by atoms with Gasteiger partial charge < -0.3 is 16.4 Å². The van der Waals surface area contributed by atoms with Gasteiger partial charge in [0.05, 0.1) is 5.69 Å². The number of nitrogens with two attached hydrogens (primary N) is 2. The topological polar surface area (TPSA) is 90.2 Å². The van der Waals surface area contributed by atoms with E-state index in [1.54, 1.807) is 4.68 Å². The average molecular weight is 279 g/mol. The molecule has 0 radical (unpaired) electrons. The SMILES string of the molecule is CCC1CCN(c2c(C(N)=O)c(C)nn2C)C(CN)C1. The molecule has 2 rings (SSSR count). The largest absolute Gasteiger partial charge is 0.365 e. The Hall–Kier alpha value is -1.56. The van der Waals surface area contributed by atoms with E-state index in [4.69, 9.17) is 11.5 Å². The third-order valence-electron chi connectivity index (χ3n) is 4.38. The lowest BCUT2D eigenvalue weighted by atomic mass is 9.88. The second-order valence-electron chi connectivity index (χ2n) is 5.65. The minimum Gasteiger partial charge on any atom is -0.365 e. The summed E-state index contributed by atoms with van der Waals surface area (Å²) in [4.78, 5) is 13.9. The minimum absolute atomic E-state index is 0.251. The molecule has 1 aromatic heterocycles. The Labute approximate surface area is 120 Å². The van der Waals surface area contributed by atoms with E-state index < -0.39 is 5.91 Å². The van der Waals surface area contributed by atoms with Crippen LogP contribution in [0.3, 0.4) is 0 Å². The van der Waals surface area contributed by atoms with Crippen LogP contribution < -0.4 is 16.4 Å². The fourth-order valence-corrected chi connectivity index (χ4v) is 3.27. The number of primary amides is 1. The van der Waals surface area contributed by atoms with Gasteiger partial charge in [-0.15, -0.1) is 0 Å². The number of aryl methyl sites for hydroxylation is 2. The van der Waals surface area contributed by atoms with Gasteiger partial charge in [-0.2, -0.15) is 5.10 Å². The maximum absolute atomic E-state index is 11.7. The van der Waals surface area contributed by atoms with Gasteiger partial charge in [-0.3, -0.25) is 9.48 Å². The highest BCUT2D eigenvalue weighted by Crippen LogP contribution is 2.32. The van der Waals surface area contributed by atoms with Crippen LogP contribution in [-0.2, 0) is 7.05 Å². The van der Waals surface area contributed by atoms with Crippen LogP contribution in [0.25, 0.3) is 0 Å². The lowest BCUT2D eigenvalue weighted by Gasteiger charge is -2.40. The number of nitrogens with zero attached hydrogens (tertiary/aromatic N) is 3. The highest BCUT2D eigenvalue weighted by Gasteiger charge is 2.32. The van der Waals surface area contributed by atoms with Crippen molar-refractivity contribution in [1.82, 2.24) is 9.78 Å². The van der Waals surface area contributed by atoms with Crippen LogP contribution in [0, 0.1) is 12.8 Å². The number of aromatic nitrogens is 2. The molecule has 1 aliphatic rings. The molecule has 0 spiro atoms. The average Bonchev–Trinajstić information content (AvgIpc) is 2.72. The van der Waals surface area contributed by atoms with Crippen molar-refractivity contribution in [3.63, 3.8) is 0 Å². The van der Waals surface area contributed by atoms with Crippen LogP contribution in [0.4, 0.5) is 5.82 Å². The van der Waals surface area contributed by atoms with E-state index in [9.17, 15) is 4.79 Å². The summed E-state index contributed by atoms with van der Waals surface area (Å²) >= 11 is 0. The molecule has 0 saturated carbocycles. The van der Waals surface area contributed by atoms with Crippen LogP contribution in [-0.4, -0.2) is 34.8 Å². The quantitative estimate of drug-likeness (QED) is 0.852. The van der Waals surface area contributed by atoms with Gasteiger partial charge in [-0.25, -0.2) is 0 Å². The summed E-state index contributed by atoms with van der Waals surface area (Å²) < 4.78 is 1.75. The number of rotatable bonds is 4. The lowest BCUT2D eigenvalue weighted by Crippen LogP contribution is -2.48. The third kappa shape index (κ3) is 2.52. The molecule has 6 nitrogen and oxygen atoms in total. The molecule has 0 bridgehead atoms. The second kappa shape index (κ2) is 5.83. The Kier molecular flexibility index (Phi) is 4.32. The molecule has 4 N–H and O–H groups in total. The summed E-state index contributed by atoms with van der Waals surface area (Å²) in [6.45, 7) is 5.52. The highest BCUT2D eigenvalue weighted by molar-refractivity contribution is 5.99. The Morgan fingerprint density at radius 3 is 2.75 bits per heavy atom. The molecule has 2 atom stereocenters. The maximum atomic E-state index is 11.7. The Bertz CT molecular complexity index is 496. The Morgan fingerprint density at radius 1 is 1.50 bits per heavy atom. The summed E-state index contributed by atoms with van der Waals surface area (Å²) in [7, 11) is 1.86. The predicted octanol–water partition coefficient (Wildman–Crippen LogP) is 0.781. The number of hydrogen-bond acceptors (Lipinski definition) is 4. The molecule has 0 aromatic carbocycles. The zero-order valence-corrected chi connectivity index (χ0v) is 12.6. The first-order valence-corrected chi connectivity index (χ1v) is 7.29. The molecule has 2 heterocycles. The van der Waals surface area contributed by atoms with Crippen molar-refractivity contribution >= 4 is 11.7 Å². The third-order valence-corrected chi connectivity index (χ3v) is 4.38. The lowest BCUT2D eigenvalue weighted by molar-refractivity contribution is 0.1000. The standard InChI is InChI=1S/C14H25N5O/c1-4-10-5-6-19(11(7-10)8-15)14-12(13(16)20)9(2)17-18(14)3/h10-11H,4-8,15H2,1-3H3,(H2,16,20). The summed E-state index contributed by atoms with van der Waals surface area (Å²) in [6, 6.07) is 0.251. The summed E-state index contributed by atoms with van der Waals surface area (Å²) in [5.41, 5.74) is 12.7. The molecule has 1 aromatic rings. The van der Waals surface area contributed by atoms with Crippen molar-refractivity contribution in [3.8, 4) is 0 Å². The van der Waals surface area contributed by atoms with E-state index >= 15 is 0 Å². The Balaban J connectivity index is 2.38. The molecule has 1 aliphatic heterocycles. The number of carbonyl (C=O) groups excluding carboxylic acids is 1. The van der Waals surface area contributed by atoms with Gasteiger partial charge in [-0.05, 0) is 25.7 Å². The summed E-state index contributed by atoms with van der Waals surface area (Å²) in [6.07, 6.45) is 3.36. The second-order valence-corrected chi connectivity index (χ2v) is 5.65. The van der Waals surface area contributed by atoms with Crippen LogP contribution in [0.15, 0.2) is 0 Å². The normalized spacial score (nSPS) is 23.1. The van der Waals surface area contributed by atoms with Crippen molar-refractivity contribution in [2.75, 3.05) is 18.0 Å². The zero-order chi connectivity index (χ0) is 14.9. The van der Waals surface area contributed by atoms with Gasteiger partial charge in [0.25, 0.3) is 5.91 Å². The number of piperidine rings is 1. The molecule has 1 fully saturated rings. The molecule has 0 aliphatic carbocycles. The van der Waals surface area contributed by atoms with Gasteiger partial charge in [0, 0.05) is 26.2 Å². The van der Waals surface area contributed by atoms with E-state index in [1.165, 1.54) is 6.42 Å². The van der Waals surface area contributed by atoms with Gasteiger partial charge in [0.1, 0.15) is 11.4 Å². The minimum atomic E-state index is -0.418. The van der Waals surface area contributed by atoms with Crippen LogP contribution >= 0.6 is 0 Å². The van der Waals surface area contributed by atoms with Crippen LogP contribution in [0.2, 0.25) is 0 Å². The molecule has 1 amide bonds. The zero-order valence-electron chi connectivity index (χ0n) is 12.6. The van der Waals surface area contributed by atoms with Crippen LogP contribution in [0.5, 0.6) is 0 Å². The van der Waals surface area contributed by atoms with Gasteiger partial charge in [0.2, 0.25) is 0 Å². The molecular weight excluding hydrogens is 254 g/mol. The highest BCUT2D eigenvalue weighted by atomic mass is 16.1.